The first-order valence-electron chi connectivity index (χ1n) is 17.0. The summed E-state index contributed by atoms with van der Waals surface area (Å²) < 4.78 is 32.0. The predicted molar refractivity (Wildman–Crippen MR) is 205 cm³/mol. The number of carboxylic acid groups (broad SMARTS) is 1. The third-order valence-electron chi connectivity index (χ3n) is 9.76. The van der Waals surface area contributed by atoms with Gasteiger partial charge in [-0.2, -0.15) is 14.0 Å². The maximum atomic E-state index is 15.0. The van der Waals surface area contributed by atoms with Gasteiger partial charge in [-0.05, 0) is 44.0 Å². The Kier molecular flexibility index (Phi) is 10.1. The van der Waals surface area contributed by atoms with Crippen molar-refractivity contribution in [3.63, 3.8) is 0 Å². The molecule has 1 fully saturated rings. The van der Waals surface area contributed by atoms with Crippen molar-refractivity contribution < 1.29 is 18.7 Å². The number of rotatable bonds is 8. The van der Waals surface area contributed by atoms with E-state index in [-0.39, 0.29) is 46.7 Å². The Balaban J connectivity index is 1.15. The van der Waals surface area contributed by atoms with E-state index in [1.165, 1.54) is 34.2 Å². The zero-order valence-corrected chi connectivity index (χ0v) is 30.8. The van der Waals surface area contributed by atoms with Crippen molar-refractivity contribution in [2.75, 3.05) is 31.6 Å². The number of halogens is 3. The van der Waals surface area contributed by atoms with Gasteiger partial charge in [-0.15, -0.1) is 11.3 Å². The van der Waals surface area contributed by atoms with Crippen molar-refractivity contribution in [3.8, 4) is 29.0 Å². The molecule has 0 unspecified atom stereocenters. The number of aromatic nitrogens is 4. The van der Waals surface area contributed by atoms with Gasteiger partial charge in [0.1, 0.15) is 23.3 Å². The molecule has 2 aromatic carbocycles. The highest BCUT2D eigenvalue weighted by Gasteiger charge is 2.36. The van der Waals surface area contributed by atoms with Gasteiger partial charge in [0.15, 0.2) is 0 Å². The molecule has 272 valence electrons. The molecule has 1 saturated heterocycles. The van der Waals surface area contributed by atoms with Gasteiger partial charge < -0.3 is 10.0 Å². The molecule has 0 bridgehead atoms. The molecule has 6 aromatic rings. The first-order chi connectivity index (χ1) is 26.0. The van der Waals surface area contributed by atoms with Crippen LogP contribution in [-0.4, -0.2) is 68.2 Å². The summed E-state index contributed by atoms with van der Waals surface area (Å²) in [6.07, 6.45) is 4.17. The SMILES string of the molecule is Cc1nc2cnc(N(C)C3CCN(CC(F)(F)c4ccccc4)CC3)c(C#N)c2c(=O)n1CC#Cc1ccc(Cl)cc1-c1ccnc2c(C(=O)O)csc12. The van der Waals surface area contributed by atoms with Gasteiger partial charge in [-0.1, -0.05) is 53.8 Å². The van der Waals surface area contributed by atoms with Crippen LogP contribution in [-0.2, 0) is 12.5 Å². The number of likely N-dealkylation sites (tertiary alicyclic amines) is 1. The van der Waals surface area contributed by atoms with Gasteiger partial charge in [-0.25, -0.2) is 14.8 Å². The van der Waals surface area contributed by atoms with Crippen LogP contribution in [0.15, 0.2) is 77.2 Å². The molecule has 0 radical (unpaired) electrons. The summed E-state index contributed by atoms with van der Waals surface area (Å²) in [5.41, 5.74) is 2.42. The second kappa shape index (κ2) is 15.0. The number of nitriles is 1. The number of aryl methyl sites for hydroxylation is 1. The van der Waals surface area contributed by atoms with Crippen molar-refractivity contribution in [2.24, 2.45) is 0 Å². The number of carbonyl (C=O) groups is 1. The van der Waals surface area contributed by atoms with Crippen molar-refractivity contribution in [3.05, 3.63) is 116 Å². The Hall–Kier alpha value is -5.73. The van der Waals surface area contributed by atoms with Crippen LogP contribution >= 0.6 is 22.9 Å². The van der Waals surface area contributed by atoms with E-state index < -0.39 is 17.5 Å². The number of carboxylic acids is 1. The number of fused-ring (bicyclic) bond motifs is 2. The Morgan fingerprint density at radius 2 is 1.89 bits per heavy atom. The molecule has 0 saturated carbocycles. The summed E-state index contributed by atoms with van der Waals surface area (Å²) in [7, 11) is 1.80. The van der Waals surface area contributed by atoms with Gasteiger partial charge in [-0.3, -0.25) is 19.2 Å². The second-order valence-corrected chi connectivity index (χ2v) is 14.4. The molecule has 0 atom stereocenters. The number of hydrogen-bond acceptors (Lipinski definition) is 9. The Bertz CT molecular complexity index is 2590. The number of anilines is 1. The molecule has 1 aliphatic rings. The van der Waals surface area contributed by atoms with E-state index >= 15 is 0 Å². The molecule has 10 nitrogen and oxygen atoms in total. The summed E-state index contributed by atoms with van der Waals surface area (Å²) in [6.45, 7) is 2.15. The Labute approximate surface area is 317 Å². The van der Waals surface area contributed by atoms with Crippen molar-refractivity contribution in [1.82, 2.24) is 24.4 Å². The lowest BCUT2D eigenvalue weighted by atomic mass is 10.00. The number of pyridine rings is 2. The standard InChI is InChI=1S/C40H32ClF2N7O3S/c1-24-47-33-21-46-37(48(2)28-13-17-49(18-14-28)23-40(42,43)26-8-4-3-5-9-26)31(20-44)34(33)38(51)50(24)16-6-7-25-10-11-27(41)19-30(25)29-12-15-45-35-32(39(52)53)22-54-36(29)35/h3-5,8-12,15,19,21-22,28H,13-14,16-18,23H2,1-2H3,(H,52,53). The van der Waals surface area contributed by atoms with Crippen LogP contribution in [0.25, 0.3) is 32.2 Å². The summed E-state index contributed by atoms with van der Waals surface area (Å²) in [4.78, 5) is 42.9. The van der Waals surface area contributed by atoms with Crippen LogP contribution in [0.5, 0.6) is 0 Å². The van der Waals surface area contributed by atoms with E-state index in [2.05, 4.69) is 32.9 Å². The van der Waals surface area contributed by atoms with Gasteiger partial charge in [0.05, 0.1) is 46.0 Å². The highest BCUT2D eigenvalue weighted by Crippen LogP contribution is 2.37. The van der Waals surface area contributed by atoms with Crippen molar-refractivity contribution in [1.29, 1.82) is 5.26 Å². The van der Waals surface area contributed by atoms with Crippen LogP contribution in [0, 0.1) is 30.1 Å². The molecular formula is C40H32ClF2N7O3S. The molecule has 0 spiro atoms. The maximum absolute atomic E-state index is 15.0. The fourth-order valence-corrected chi connectivity index (χ4v) is 8.12. The van der Waals surface area contributed by atoms with Gasteiger partial charge >= 0.3 is 5.97 Å². The molecule has 5 heterocycles. The quantitative estimate of drug-likeness (QED) is 0.158. The molecule has 54 heavy (non-hydrogen) atoms. The fourth-order valence-electron chi connectivity index (χ4n) is 6.92. The molecule has 1 aliphatic heterocycles. The smallest absolute Gasteiger partial charge is 0.338 e. The molecule has 14 heteroatoms. The number of hydrogen-bond donors (Lipinski definition) is 1. The monoisotopic (exact) mass is 763 g/mol. The third kappa shape index (κ3) is 7.01. The number of piperidine rings is 1. The number of nitrogens with zero attached hydrogens (tertiary/aromatic N) is 7. The normalized spacial score (nSPS) is 13.8. The van der Waals surface area contributed by atoms with E-state index in [0.717, 1.165) is 5.56 Å². The maximum Gasteiger partial charge on any atom is 0.338 e. The average molecular weight is 764 g/mol. The molecule has 7 rings (SSSR count). The van der Waals surface area contributed by atoms with E-state index in [1.54, 1.807) is 72.9 Å². The van der Waals surface area contributed by atoms with Crippen LogP contribution in [0.1, 0.15) is 45.7 Å². The Morgan fingerprint density at radius 1 is 1.13 bits per heavy atom. The van der Waals surface area contributed by atoms with Crippen LogP contribution < -0.4 is 10.5 Å². The van der Waals surface area contributed by atoms with E-state index in [4.69, 9.17) is 11.6 Å². The van der Waals surface area contributed by atoms with Crippen LogP contribution in [0.3, 0.4) is 0 Å². The molecule has 0 amide bonds. The number of thiophene rings is 1. The second-order valence-electron chi connectivity index (χ2n) is 13.1. The zero-order valence-electron chi connectivity index (χ0n) is 29.2. The molecular weight excluding hydrogens is 732 g/mol. The third-order valence-corrected chi connectivity index (χ3v) is 11.0. The minimum Gasteiger partial charge on any atom is -0.478 e. The number of alkyl halides is 2. The average Bonchev–Trinajstić information content (AvgIpc) is 3.61. The lowest BCUT2D eigenvalue weighted by Gasteiger charge is -2.38. The Morgan fingerprint density at radius 3 is 2.61 bits per heavy atom. The lowest BCUT2D eigenvalue weighted by Crippen LogP contribution is -2.46. The molecule has 1 N–H and O–H groups in total. The van der Waals surface area contributed by atoms with Gasteiger partial charge in [0.2, 0.25) is 0 Å². The largest absolute Gasteiger partial charge is 0.478 e. The lowest BCUT2D eigenvalue weighted by molar-refractivity contribution is -0.0425. The van der Waals surface area contributed by atoms with Crippen molar-refractivity contribution >= 4 is 55.8 Å². The van der Waals surface area contributed by atoms with Crippen molar-refractivity contribution in [2.45, 2.75) is 38.3 Å². The molecule has 4 aromatic heterocycles. The van der Waals surface area contributed by atoms with E-state index in [9.17, 15) is 28.7 Å². The van der Waals surface area contributed by atoms with E-state index in [1.807, 2.05) is 4.90 Å². The minimum atomic E-state index is -2.98. The highest BCUT2D eigenvalue weighted by molar-refractivity contribution is 7.18. The summed E-state index contributed by atoms with van der Waals surface area (Å²) in [5, 5.41) is 22.1. The first-order valence-corrected chi connectivity index (χ1v) is 18.3. The van der Waals surface area contributed by atoms with Crippen LogP contribution in [0.2, 0.25) is 5.02 Å². The summed E-state index contributed by atoms with van der Waals surface area (Å²) >= 11 is 7.66. The zero-order chi connectivity index (χ0) is 38.1. The van der Waals surface area contributed by atoms with Gasteiger partial charge in [0, 0.05) is 65.0 Å². The predicted octanol–water partition coefficient (Wildman–Crippen LogP) is 7.34. The molecule has 0 aliphatic carbocycles. The number of aromatic carboxylic acids is 1. The number of benzene rings is 2. The summed E-state index contributed by atoms with van der Waals surface area (Å²) in [6, 6.07) is 16.9. The highest BCUT2D eigenvalue weighted by atomic mass is 35.5. The van der Waals surface area contributed by atoms with Crippen LogP contribution in [0.4, 0.5) is 14.6 Å². The van der Waals surface area contributed by atoms with E-state index in [0.29, 0.717) is 63.9 Å². The first kappa shape index (κ1) is 36.6. The minimum absolute atomic E-state index is 0.0131. The fraction of sp³-hybridized carbons (Fsp3) is 0.250. The summed E-state index contributed by atoms with van der Waals surface area (Å²) in [5.74, 6) is 2.89. The topological polar surface area (TPSA) is 128 Å². The van der Waals surface area contributed by atoms with Gasteiger partial charge in [0.25, 0.3) is 11.5 Å².